The summed E-state index contributed by atoms with van der Waals surface area (Å²) < 4.78 is 0. The second-order valence-electron chi connectivity index (χ2n) is 5.51. The predicted octanol–water partition coefficient (Wildman–Crippen LogP) is 1.33. The van der Waals surface area contributed by atoms with E-state index in [0.29, 0.717) is 12.0 Å². The third-order valence-electron chi connectivity index (χ3n) is 3.72. The average molecular weight is 314 g/mol. The molecule has 0 saturated heterocycles. The molecular formula is C18H22N2O3. The molecule has 2 aromatic rings. The fraction of sp³-hybridized carbons (Fsp3) is 0.278. The van der Waals surface area contributed by atoms with Crippen LogP contribution in [0.1, 0.15) is 17.2 Å². The van der Waals surface area contributed by atoms with Crippen molar-refractivity contribution >= 4 is 5.97 Å². The van der Waals surface area contributed by atoms with Crippen LogP contribution in [0.15, 0.2) is 60.7 Å². The Labute approximate surface area is 135 Å². The van der Waals surface area contributed by atoms with E-state index in [2.05, 4.69) is 5.32 Å². The van der Waals surface area contributed by atoms with E-state index >= 15 is 0 Å². The number of carboxylic acid groups (broad SMARTS) is 1. The largest absolute Gasteiger partial charge is 0.480 e. The summed E-state index contributed by atoms with van der Waals surface area (Å²) in [6, 6.07) is 17.2. The molecule has 0 saturated carbocycles. The van der Waals surface area contributed by atoms with Crippen LogP contribution in [0.5, 0.6) is 0 Å². The van der Waals surface area contributed by atoms with Gasteiger partial charge in [0.2, 0.25) is 0 Å². The van der Waals surface area contributed by atoms with Crippen molar-refractivity contribution in [1.82, 2.24) is 5.32 Å². The highest BCUT2D eigenvalue weighted by Crippen LogP contribution is 2.13. The smallest absolute Gasteiger partial charge is 0.325 e. The van der Waals surface area contributed by atoms with Crippen molar-refractivity contribution in [3.05, 3.63) is 71.8 Å². The van der Waals surface area contributed by atoms with Crippen LogP contribution in [0.2, 0.25) is 0 Å². The maximum Gasteiger partial charge on any atom is 0.325 e. The highest BCUT2D eigenvalue weighted by Gasteiger charge is 2.22. The first kappa shape index (κ1) is 17.1. The number of nitrogens with two attached hydrogens (primary N) is 1. The highest BCUT2D eigenvalue weighted by molar-refractivity contribution is 5.75. The second-order valence-corrected chi connectivity index (χ2v) is 5.51. The molecule has 2 rings (SSSR count). The quantitative estimate of drug-likeness (QED) is 0.589. The van der Waals surface area contributed by atoms with E-state index in [1.165, 1.54) is 0 Å². The number of nitrogens with one attached hydrogen (secondary N) is 1. The second kappa shape index (κ2) is 8.43. The first-order valence-electron chi connectivity index (χ1n) is 7.56. The number of aliphatic hydroxyl groups is 1. The number of aliphatic hydroxyl groups excluding tert-OH is 1. The summed E-state index contributed by atoms with van der Waals surface area (Å²) in [5.74, 6) is -0.986. The van der Waals surface area contributed by atoms with Gasteiger partial charge in [-0.25, -0.2) is 0 Å². The first-order valence-corrected chi connectivity index (χ1v) is 7.56. The fourth-order valence-corrected chi connectivity index (χ4v) is 2.41. The zero-order chi connectivity index (χ0) is 16.7. The average Bonchev–Trinajstić information content (AvgIpc) is 2.56. The van der Waals surface area contributed by atoms with E-state index in [-0.39, 0.29) is 6.54 Å². The van der Waals surface area contributed by atoms with Crippen LogP contribution in [0, 0.1) is 0 Å². The number of benzene rings is 2. The van der Waals surface area contributed by atoms with Gasteiger partial charge in [0.15, 0.2) is 0 Å². The minimum atomic E-state index is -0.986. The molecule has 2 aromatic carbocycles. The number of carbonyl (C=O) groups is 1. The molecule has 122 valence electrons. The monoisotopic (exact) mass is 314 g/mol. The topological polar surface area (TPSA) is 95.6 Å². The van der Waals surface area contributed by atoms with Gasteiger partial charge in [-0.1, -0.05) is 60.7 Å². The highest BCUT2D eigenvalue weighted by atomic mass is 16.4. The van der Waals surface area contributed by atoms with Crippen LogP contribution in [-0.2, 0) is 11.2 Å². The summed E-state index contributed by atoms with van der Waals surface area (Å²) in [5.41, 5.74) is 7.69. The summed E-state index contributed by atoms with van der Waals surface area (Å²) in [7, 11) is 0. The molecular weight excluding hydrogens is 292 g/mol. The summed E-state index contributed by atoms with van der Waals surface area (Å²) in [6.07, 6.45) is -0.298. The Hall–Kier alpha value is -2.21. The molecule has 0 heterocycles. The Kier molecular flexibility index (Phi) is 6.29. The Morgan fingerprint density at radius 3 is 2.17 bits per heavy atom. The molecule has 1 unspecified atom stereocenters. The van der Waals surface area contributed by atoms with Crippen LogP contribution in [0.3, 0.4) is 0 Å². The molecule has 0 radical (unpaired) electrons. The Morgan fingerprint density at radius 1 is 1.04 bits per heavy atom. The van der Waals surface area contributed by atoms with E-state index in [0.717, 1.165) is 5.56 Å². The Morgan fingerprint density at radius 2 is 1.61 bits per heavy atom. The Bertz CT molecular complexity index is 604. The van der Waals surface area contributed by atoms with E-state index in [9.17, 15) is 15.0 Å². The van der Waals surface area contributed by atoms with Gasteiger partial charge < -0.3 is 15.9 Å². The first-order chi connectivity index (χ1) is 11.1. The summed E-state index contributed by atoms with van der Waals surface area (Å²) in [5, 5.41) is 22.4. The minimum Gasteiger partial charge on any atom is -0.480 e. The predicted molar refractivity (Wildman–Crippen MR) is 88.9 cm³/mol. The van der Waals surface area contributed by atoms with Gasteiger partial charge in [0.25, 0.3) is 0 Å². The normalized spacial score (nSPS) is 14.9. The molecule has 23 heavy (non-hydrogen) atoms. The van der Waals surface area contributed by atoms with Crippen LogP contribution in [0.25, 0.3) is 0 Å². The lowest BCUT2D eigenvalue weighted by Gasteiger charge is -2.22. The van der Waals surface area contributed by atoms with Crippen molar-refractivity contribution < 1.29 is 15.0 Å². The van der Waals surface area contributed by atoms with E-state index in [1.807, 2.05) is 36.4 Å². The van der Waals surface area contributed by atoms with E-state index in [1.54, 1.807) is 24.3 Å². The van der Waals surface area contributed by atoms with Crippen LogP contribution in [-0.4, -0.2) is 34.9 Å². The minimum absolute atomic E-state index is 0.111. The van der Waals surface area contributed by atoms with Crippen molar-refractivity contribution in [2.24, 2.45) is 5.73 Å². The number of carboxylic acids is 1. The SMILES string of the molecule is N[C@@H](Cc1ccccc1)[C@H](O)CNC(C(=O)O)c1ccccc1. The molecule has 5 heteroatoms. The van der Waals surface area contributed by atoms with E-state index in [4.69, 9.17) is 5.73 Å². The van der Waals surface area contributed by atoms with Gasteiger partial charge in [-0.05, 0) is 17.5 Å². The molecule has 5 nitrogen and oxygen atoms in total. The lowest BCUT2D eigenvalue weighted by Crippen LogP contribution is -2.45. The third kappa shape index (κ3) is 5.17. The molecule has 0 aromatic heterocycles. The van der Waals surface area contributed by atoms with Crippen molar-refractivity contribution in [3.8, 4) is 0 Å². The summed E-state index contributed by atoms with van der Waals surface area (Å²) in [6.45, 7) is 0.111. The molecule has 0 bridgehead atoms. The van der Waals surface area contributed by atoms with Gasteiger partial charge in [0.05, 0.1) is 6.10 Å². The molecule has 0 spiro atoms. The van der Waals surface area contributed by atoms with E-state index < -0.39 is 24.2 Å². The van der Waals surface area contributed by atoms with Gasteiger partial charge in [-0.2, -0.15) is 0 Å². The molecule has 5 N–H and O–H groups in total. The van der Waals surface area contributed by atoms with Crippen LogP contribution in [0.4, 0.5) is 0 Å². The van der Waals surface area contributed by atoms with Crippen molar-refractivity contribution in [2.45, 2.75) is 24.6 Å². The third-order valence-corrected chi connectivity index (χ3v) is 3.72. The van der Waals surface area contributed by atoms with Gasteiger partial charge >= 0.3 is 5.97 Å². The lowest BCUT2D eigenvalue weighted by molar-refractivity contribution is -0.139. The standard InChI is InChI=1S/C18H22N2O3/c19-15(11-13-7-3-1-4-8-13)16(21)12-20-17(18(22)23)14-9-5-2-6-10-14/h1-10,15-17,20-21H,11-12,19H2,(H,22,23)/t15-,16+,17?/m0/s1. The number of hydrogen-bond acceptors (Lipinski definition) is 4. The summed E-state index contributed by atoms with van der Waals surface area (Å²) >= 11 is 0. The van der Waals surface area contributed by atoms with Gasteiger partial charge in [0.1, 0.15) is 6.04 Å². The fourth-order valence-electron chi connectivity index (χ4n) is 2.41. The molecule has 0 fully saturated rings. The molecule has 3 atom stereocenters. The van der Waals surface area contributed by atoms with Gasteiger partial charge in [-0.3, -0.25) is 10.1 Å². The maximum atomic E-state index is 11.4. The molecule has 0 aliphatic heterocycles. The van der Waals surface area contributed by atoms with Gasteiger partial charge in [0, 0.05) is 12.6 Å². The Balaban J connectivity index is 1.91. The summed E-state index contributed by atoms with van der Waals surface area (Å²) in [4.78, 5) is 11.4. The number of aliphatic carboxylic acids is 1. The molecule has 0 amide bonds. The van der Waals surface area contributed by atoms with Crippen LogP contribution >= 0.6 is 0 Å². The molecule has 0 aliphatic rings. The lowest BCUT2D eigenvalue weighted by atomic mass is 10.0. The molecule has 0 aliphatic carbocycles. The van der Waals surface area contributed by atoms with Crippen molar-refractivity contribution in [3.63, 3.8) is 0 Å². The maximum absolute atomic E-state index is 11.4. The number of rotatable bonds is 8. The van der Waals surface area contributed by atoms with Crippen molar-refractivity contribution in [2.75, 3.05) is 6.54 Å². The van der Waals surface area contributed by atoms with Crippen molar-refractivity contribution in [1.29, 1.82) is 0 Å². The zero-order valence-electron chi connectivity index (χ0n) is 12.8. The number of hydrogen-bond donors (Lipinski definition) is 4. The zero-order valence-corrected chi connectivity index (χ0v) is 12.8. The van der Waals surface area contributed by atoms with Gasteiger partial charge in [-0.15, -0.1) is 0 Å². The van der Waals surface area contributed by atoms with Crippen LogP contribution < -0.4 is 11.1 Å².